The molecule has 0 bridgehead atoms. The number of aryl methyl sites for hydroxylation is 2. The maximum absolute atomic E-state index is 13.0. The van der Waals surface area contributed by atoms with Gasteiger partial charge in [-0.15, -0.1) is 11.3 Å². The first-order chi connectivity index (χ1) is 14.1. The van der Waals surface area contributed by atoms with Crippen LogP contribution in [-0.2, 0) is 6.42 Å². The number of hydrogen-bond donors (Lipinski definition) is 1. The Kier molecular flexibility index (Phi) is 5.53. The minimum absolute atomic E-state index is 0.128. The van der Waals surface area contributed by atoms with Gasteiger partial charge in [-0.2, -0.15) is 5.10 Å². The Morgan fingerprint density at radius 1 is 1.10 bits per heavy atom. The average molecular weight is 403 g/mol. The molecule has 0 aliphatic heterocycles. The van der Waals surface area contributed by atoms with Crippen molar-refractivity contribution in [2.45, 2.75) is 20.3 Å². The van der Waals surface area contributed by atoms with Gasteiger partial charge in [-0.1, -0.05) is 30.3 Å². The van der Waals surface area contributed by atoms with E-state index in [0.29, 0.717) is 17.8 Å². The average Bonchev–Trinajstić information content (AvgIpc) is 3.41. The van der Waals surface area contributed by atoms with Crippen molar-refractivity contribution >= 4 is 17.2 Å². The molecular formula is C23H22N4OS. The van der Waals surface area contributed by atoms with Crippen molar-refractivity contribution in [3.63, 3.8) is 0 Å². The summed E-state index contributed by atoms with van der Waals surface area (Å²) in [5.74, 6) is -0.128. The smallest absolute Gasteiger partial charge is 0.255 e. The van der Waals surface area contributed by atoms with Crippen LogP contribution in [0, 0.1) is 13.8 Å². The molecule has 1 amide bonds. The number of nitrogens with zero attached hydrogens (tertiary/aromatic N) is 3. The van der Waals surface area contributed by atoms with E-state index in [2.05, 4.69) is 36.3 Å². The number of amides is 1. The van der Waals surface area contributed by atoms with Gasteiger partial charge in [0.15, 0.2) is 0 Å². The summed E-state index contributed by atoms with van der Waals surface area (Å²) in [5, 5.41) is 10.7. The summed E-state index contributed by atoms with van der Waals surface area (Å²) in [7, 11) is 0. The molecule has 29 heavy (non-hydrogen) atoms. The van der Waals surface area contributed by atoms with Crippen LogP contribution in [0.4, 0.5) is 0 Å². The molecule has 5 nitrogen and oxygen atoms in total. The predicted molar refractivity (Wildman–Crippen MR) is 117 cm³/mol. The fraction of sp³-hybridized carbons (Fsp3) is 0.174. The molecule has 0 aliphatic carbocycles. The Labute approximate surface area is 174 Å². The monoisotopic (exact) mass is 402 g/mol. The van der Waals surface area contributed by atoms with Crippen LogP contribution in [0.15, 0.2) is 66.3 Å². The summed E-state index contributed by atoms with van der Waals surface area (Å²) < 4.78 is 1.76. The topological polar surface area (TPSA) is 59.8 Å². The van der Waals surface area contributed by atoms with Gasteiger partial charge in [0.1, 0.15) is 5.69 Å². The second-order valence-electron chi connectivity index (χ2n) is 6.90. The summed E-state index contributed by atoms with van der Waals surface area (Å²) in [6.07, 6.45) is 4.30. The summed E-state index contributed by atoms with van der Waals surface area (Å²) in [6, 6.07) is 16.0. The lowest BCUT2D eigenvalue weighted by molar-refractivity contribution is 0.0955. The zero-order chi connectivity index (χ0) is 20.2. The third-order valence-electron chi connectivity index (χ3n) is 4.87. The van der Waals surface area contributed by atoms with Crippen LogP contribution in [0.25, 0.3) is 16.9 Å². The molecule has 0 saturated heterocycles. The molecule has 0 aliphatic rings. The first-order valence-corrected chi connectivity index (χ1v) is 10.4. The molecule has 4 rings (SSSR count). The van der Waals surface area contributed by atoms with E-state index in [9.17, 15) is 4.79 Å². The van der Waals surface area contributed by atoms with Gasteiger partial charge >= 0.3 is 0 Å². The summed E-state index contributed by atoms with van der Waals surface area (Å²) in [6.45, 7) is 4.68. The highest BCUT2D eigenvalue weighted by Crippen LogP contribution is 2.26. The second kappa shape index (κ2) is 8.41. The number of aromatic nitrogens is 3. The van der Waals surface area contributed by atoms with E-state index in [1.165, 1.54) is 11.1 Å². The number of hydrogen-bond acceptors (Lipinski definition) is 4. The van der Waals surface area contributed by atoms with Gasteiger partial charge in [-0.25, -0.2) is 9.67 Å². The van der Waals surface area contributed by atoms with Crippen molar-refractivity contribution in [1.29, 1.82) is 0 Å². The van der Waals surface area contributed by atoms with E-state index < -0.39 is 0 Å². The maximum atomic E-state index is 13.0. The van der Waals surface area contributed by atoms with E-state index in [1.54, 1.807) is 28.4 Å². The van der Waals surface area contributed by atoms with Gasteiger partial charge in [0.25, 0.3) is 5.91 Å². The van der Waals surface area contributed by atoms with E-state index in [1.807, 2.05) is 41.8 Å². The van der Waals surface area contributed by atoms with Crippen molar-refractivity contribution in [1.82, 2.24) is 20.1 Å². The molecule has 0 unspecified atom stereocenters. The standard InChI is InChI=1S/C23H22N4OS/c1-16-8-9-18(14-17(16)2)22-20(15-27(26-22)19-6-4-3-5-7-19)23(28)25-11-10-21-24-12-13-29-21/h3-9,12-15H,10-11H2,1-2H3,(H,25,28). The Bertz CT molecular complexity index is 1120. The van der Waals surface area contributed by atoms with Crippen molar-refractivity contribution in [3.8, 4) is 16.9 Å². The van der Waals surface area contributed by atoms with Gasteiger partial charge in [0.2, 0.25) is 0 Å². The molecule has 0 spiro atoms. The zero-order valence-electron chi connectivity index (χ0n) is 16.4. The van der Waals surface area contributed by atoms with Gasteiger partial charge in [0.05, 0.1) is 16.3 Å². The van der Waals surface area contributed by atoms with Crippen LogP contribution in [0.3, 0.4) is 0 Å². The molecule has 0 saturated carbocycles. The van der Waals surface area contributed by atoms with Crippen LogP contribution in [0.2, 0.25) is 0 Å². The molecule has 2 heterocycles. The number of rotatable bonds is 6. The van der Waals surface area contributed by atoms with Crippen molar-refractivity contribution < 1.29 is 4.79 Å². The molecule has 1 N–H and O–H groups in total. The number of carbonyl (C=O) groups is 1. The Morgan fingerprint density at radius 3 is 2.66 bits per heavy atom. The minimum atomic E-state index is -0.128. The number of nitrogens with one attached hydrogen (secondary N) is 1. The van der Waals surface area contributed by atoms with Gasteiger partial charge in [-0.3, -0.25) is 4.79 Å². The fourth-order valence-corrected chi connectivity index (χ4v) is 3.73. The molecule has 0 radical (unpaired) electrons. The molecular weight excluding hydrogens is 380 g/mol. The quantitative estimate of drug-likeness (QED) is 0.513. The van der Waals surface area contributed by atoms with Crippen LogP contribution < -0.4 is 5.32 Å². The molecule has 2 aromatic carbocycles. The highest BCUT2D eigenvalue weighted by Gasteiger charge is 2.19. The third-order valence-corrected chi connectivity index (χ3v) is 5.71. The van der Waals surface area contributed by atoms with Crippen molar-refractivity contribution in [2.75, 3.05) is 6.54 Å². The van der Waals surface area contributed by atoms with Crippen molar-refractivity contribution in [3.05, 3.63) is 88.0 Å². The van der Waals surface area contributed by atoms with Gasteiger partial charge in [-0.05, 0) is 43.2 Å². The fourth-order valence-electron chi connectivity index (χ4n) is 3.11. The number of thiazole rings is 1. The maximum Gasteiger partial charge on any atom is 0.255 e. The highest BCUT2D eigenvalue weighted by atomic mass is 32.1. The Morgan fingerprint density at radius 2 is 1.93 bits per heavy atom. The second-order valence-corrected chi connectivity index (χ2v) is 7.88. The van der Waals surface area contributed by atoms with E-state index in [4.69, 9.17) is 5.10 Å². The Balaban J connectivity index is 1.65. The highest BCUT2D eigenvalue weighted by molar-refractivity contribution is 7.09. The van der Waals surface area contributed by atoms with Crippen LogP contribution >= 0.6 is 11.3 Å². The van der Waals surface area contributed by atoms with Crippen LogP contribution in [0.1, 0.15) is 26.5 Å². The molecule has 4 aromatic rings. The predicted octanol–water partition coefficient (Wildman–Crippen LogP) is 4.59. The Hall–Kier alpha value is -3.25. The van der Waals surface area contributed by atoms with E-state index >= 15 is 0 Å². The summed E-state index contributed by atoms with van der Waals surface area (Å²) >= 11 is 1.60. The third kappa shape index (κ3) is 4.27. The molecule has 6 heteroatoms. The lowest BCUT2D eigenvalue weighted by Crippen LogP contribution is -2.25. The normalized spacial score (nSPS) is 10.8. The first kappa shape index (κ1) is 19.1. The van der Waals surface area contributed by atoms with E-state index in [-0.39, 0.29) is 5.91 Å². The number of para-hydroxylation sites is 1. The molecule has 0 fully saturated rings. The number of carbonyl (C=O) groups excluding carboxylic acids is 1. The first-order valence-electron chi connectivity index (χ1n) is 9.51. The van der Waals surface area contributed by atoms with Crippen LogP contribution in [-0.4, -0.2) is 27.2 Å². The molecule has 146 valence electrons. The SMILES string of the molecule is Cc1ccc(-c2nn(-c3ccccc3)cc2C(=O)NCCc2nccs2)cc1C. The summed E-state index contributed by atoms with van der Waals surface area (Å²) in [5.41, 5.74) is 5.49. The van der Waals surface area contributed by atoms with Gasteiger partial charge < -0.3 is 5.32 Å². The van der Waals surface area contributed by atoms with Crippen molar-refractivity contribution in [2.24, 2.45) is 0 Å². The van der Waals surface area contributed by atoms with E-state index in [0.717, 1.165) is 22.7 Å². The minimum Gasteiger partial charge on any atom is -0.351 e. The molecule has 0 atom stereocenters. The lowest BCUT2D eigenvalue weighted by Gasteiger charge is -2.06. The van der Waals surface area contributed by atoms with Gasteiger partial charge in [0, 0.05) is 36.3 Å². The molecule has 2 aromatic heterocycles. The zero-order valence-corrected chi connectivity index (χ0v) is 17.2. The largest absolute Gasteiger partial charge is 0.351 e. The number of benzene rings is 2. The van der Waals surface area contributed by atoms with Crippen LogP contribution in [0.5, 0.6) is 0 Å². The lowest BCUT2D eigenvalue weighted by atomic mass is 10.0. The summed E-state index contributed by atoms with van der Waals surface area (Å²) in [4.78, 5) is 17.2.